The van der Waals surface area contributed by atoms with E-state index in [1.807, 2.05) is 0 Å². The second-order valence-electron chi connectivity index (χ2n) is 5.33. The van der Waals surface area contributed by atoms with Crippen molar-refractivity contribution in [2.75, 3.05) is 17.7 Å². The Balaban J connectivity index is 1.99. The summed E-state index contributed by atoms with van der Waals surface area (Å²) in [6, 6.07) is 9.57. The minimum atomic E-state index is -0.531. The minimum absolute atomic E-state index is 0.0948. The van der Waals surface area contributed by atoms with Crippen LogP contribution >= 0.6 is 35.0 Å². The van der Waals surface area contributed by atoms with Crippen LogP contribution in [0.5, 0.6) is 0 Å². The van der Waals surface area contributed by atoms with Crippen LogP contribution in [0.1, 0.15) is 6.92 Å². The van der Waals surface area contributed by atoms with E-state index in [-0.39, 0.29) is 5.69 Å². The molecule has 1 aliphatic heterocycles. The van der Waals surface area contributed by atoms with Gasteiger partial charge in [-0.1, -0.05) is 41.4 Å². The first-order chi connectivity index (χ1) is 12.0. The molecule has 0 radical (unpaired) electrons. The van der Waals surface area contributed by atoms with Gasteiger partial charge in [0.05, 0.1) is 22.3 Å². The molecule has 2 aromatic rings. The molecule has 0 saturated heterocycles. The van der Waals surface area contributed by atoms with Crippen LogP contribution in [0.25, 0.3) is 11.1 Å². The summed E-state index contributed by atoms with van der Waals surface area (Å²) in [5.41, 5.74) is 1.27. The number of hydrogen-bond acceptors (Lipinski definition) is 3. The number of benzene rings is 2. The molecule has 130 valence electrons. The lowest BCUT2D eigenvalue weighted by atomic mass is 10.0. The molecule has 0 bridgehead atoms. The number of amides is 1. The maximum Gasteiger partial charge on any atom is 0.265 e. The number of hydrogen-bond donors (Lipinski definition) is 1. The number of carbonyl (C=O) groups is 1. The number of carbonyl (C=O) groups excluding carboxylic acids is 1. The van der Waals surface area contributed by atoms with Crippen molar-refractivity contribution in [3.63, 3.8) is 0 Å². The Morgan fingerprint density at radius 3 is 2.76 bits per heavy atom. The zero-order valence-electron chi connectivity index (χ0n) is 13.2. The summed E-state index contributed by atoms with van der Waals surface area (Å²) >= 11 is 13.4. The predicted molar refractivity (Wildman–Crippen MR) is 102 cm³/mol. The highest BCUT2D eigenvalue weighted by Gasteiger charge is 2.21. The summed E-state index contributed by atoms with van der Waals surface area (Å²) < 4.78 is 19.8. The molecule has 0 atom stereocenters. The number of thioether (sulfide) groups is 1. The average Bonchev–Trinajstić information content (AvgIpc) is 2.59. The van der Waals surface area contributed by atoms with E-state index in [1.54, 1.807) is 37.3 Å². The Labute approximate surface area is 159 Å². The molecule has 0 unspecified atom stereocenters. The molecule has 25 heavy (non-hydrogen) atoms. The van der Waals surface area contributed by atoms with Gasteiger partial charge < -0.3 is 10.1 Å². The van der Waals surface area contributed by atoms with Gasteiger partial charge in [0, 0.05) is 11.3 Å². The standard InChI is InChI=1S/C18H14Cl2FNO2S/c1-10-17(25-8-7-24-10)18(23)22-16-12(3-2-4-15(16)21)11-5-6-13(19)14(20)9-11/h2-6,9H,7-8H2,1H3,(H,22,23). The highest BCUT2D eigenvalue weighted by Crippen LogP contribution is 2.35. The molecule has 0 spiro atoms. The third-order valence-corrected chi connectivity index (χ3v) is 5.53. The summed E-state index contributed by atoms with van der Waals surface area (Å²) in [5.74, 6) is 0.295. The molecular weight excluding hydrogens is 384 g/mol. The van der Waals surface area contributed by atoms with Gasteiger partial charge in [0.1, 0.15) is 16.5 Å². The topological polar surface area (TPSA) is 38.3 Å². The van der Waals surface area contributed by atoms with Crippen molar-refractivity contribution in [2.45, 2.75) is 6.92 Å². The molecule has 2 aromatic carbocycles. The van der Waals surface area contributed by atoms with Gasteiger partial charge in [0.25, 0.3) is 5.91 Å². The first kappa shape index (κ1) is 18.1. The fraction of sp³-hybridized carbons (Fsp3) is 0.167. The summed E-state index contributed by atoms with van der Waals surface area (Å²) in [6.07, 6.45) is 0. The number of rotatable bonds is 3. The molecule has 1 amide bonds. The first-order valence-electron chi connectivity index (χ1n) is 7.49. The summed E-state index contributed by atoms with van der Waals surface area (Å²) in [6.45, 7) is 2.28. The molecule has 0 aliphatic carbocycles. The van der Waals surface area contributed by atoms with Gasteiger partial charge in [-0.3, -0.25) is 4.79 Å². The molecule has 0 fully saturated rings. The lowest BCUT2D eigenvalue weighted by Gasteiger charge is -2.19. The first-order valence-corrected chi connectivity index (χ1v) is 9.23. The van der Waals surface area contributed by atoms with E-state index in [0.29, 0.717) is 44.2 Å². The number of halogens is 3. The number of allylic oxidation sites excluding steroid dienone is 1. The fourth-order valence-electron chi connectivity index (χ4n) is 2.46. The fourth-order valence-corrected chi connectivity index (χ4v) is 3.57. The summed E-state index contributed by atoms with van der Waals surface area (Å²) in [5, 5.41) is 3.43. The molecule has 0 aromatic heterocycles. The smallest absolute Gasteiger partial charge is 0.265 e. The molecule has 3 rings (SSSR count). The minimum Gasteiger partial charge on any atom is -0.496 e. The zero-order chi connectivity index (χ0) is 18.0. The third kappa shape index (κ3) is 3.94. The van der Waals surface area contributed by atoms with E-state index in [9.17, 15) is 9.18 Å². The van der Waals surface area contributed by atoms with E-state index >= 15 is 0 Å². The van der Waals surface area contributed by atoms with Gasteiger partial charge in [-0.05, 0) is 30.7 Å². The lowest BCUT2D eigenvalue weighted by Crippen LogP contribution is -2.19. The highest BCUT2D eigenvalue weighted by molar-refractivity contribution is 8.04. The van der Waals surface area contributed by atoms with Crippen molar-refractivity contribution in [1.82, 2.24) is 0 Å². The van der Waals surface area contributed by atoms with Crippen LogP contribution in [0, 0.1) is 5.82 Å². The van der Waals surface area contributed by atoms with Crippen LogP contribution in [0.15, 0.2) is 47.1 Å². The molecule has 0 saturated carbocycles. The quantitative estimate of drug-likeness (QED) is 0.717. The van der Waals surface area contributed by atoms with Crippen molar-refractivity contribution < 1.29 is 13.9 Å². The molecule has 7 heteroatoms. The van der Waals surface area contributed by atoms with E-state index in [1.165, 1.54) is 17.8 Å². The van der Waals surface area contributed by atoms with Crippen molar-refractivity contribution in [2.24, 2.45) is 0 Å². The summed E-state index contributed by atoms with van der Waals surface area (Å²) in [7, 11) is 0. The Hall–Kier alpha value is -1.69. The SMILES string of the molecule is CC1=C(C(=O)Nc2c(F)cccc2-c2ccc(Cl)c(Cl)c2)SCCO1. The van der Waals surface area contributed by atoms with Crippen molar-refractivity contribution >= 4 is 46.6 Å². The Kier molecular flexibility index (Phi) is 5.57. The van der Waals surface area contributed by atoms with Crippen molar-refractivity contribution in [3.8, 4) is 11.1 Å². The third-order valence-electron chi connectivity index (χ3n) is 3.66. The van der Waals surface area contributed by atoms with Crippen LogP contribution in [0.2, 0.25) is 10.0 Å². The lowest BCUT2D eigenvalue weighted by molar-refractivity contribution is -0.112. The van der Waals surface area contributed by atoms with Gasteiger partial charge in [-0.15, -0.1) is 11.8 Å². The van der Waals surface area contributed by atoms with Gasteiger partial charge in [-0.2, -0.15) is 0 Å². The van der Waals surface area contributed by atoms with Crippen LogP contribution in [0.4, 0.5) is 10.1 Å². The Morgan fingerprint density at radius 2 is 2.04 bits per heavy atom. The van der Waals surface area contributed by atoms with Crippen molar-refractivity contribution in [3.05, 3.63) is 62.9 Å². The highest BCUT2D eigenvalue weighted by atomic mass is 35.5. The molecule has 1 aliphatic rings. The van der Waals surface area contributed by atoms with Gasteiger partial charge in [-0.25, -0.2) is 4.39 Å². The maximum atomic E-state index is 14.4. The predicted octanol–water partition coefficient (Wildman–Crippen LogP) is 5.73. The number of para-hydroxylation sites is 1. The normalized spacial score (nSPS) is 14.2. The second kappa shape index (κ2) is 7.68. The number of ether oxygens (including phenoxy) is 1. The van der Waals surface area contributed by atoms with E-state index in [4.69, 9.17) is 27.9 Å². The van der Waals surface area contributed by atoms with Gasteiger partial charge in [0.2, 0.25) is 0 Å². The maximum absolute atomic E-state index is 14.4. The van der Waals surface area contributed by atoms with E-state index < -0.39 is 11.7 Å². The van der Waals surface area contributed by atoms with Crippen LogP contribution in [0.3, 0.4) is 0 Å². The van der Waals surface area contributed by atoms with Crippen LogP contribution < -0.4 is 5.32 Å². The van der Waals surface area contributed by atoms with E-state index in [2.05, 4.69) is 5.32 Å². The average molecular weight is 398 g/mol. The van der Waals surface area contributed by atoms with Crippen LogP contribution in [-0.2, 0) is 9.53 Å². The monoisotopic (exact) mass is 397 g/mol. The van der Waals surface area contributed by atoms with Gasteiger partial charge in [0.15, 0.2) is 0 Å². The Morgan fingerprint density at radius 1 is 1.24 bits per heavy atom. The van der Waals surface area contributed by atoms with Crippen molar-refractivity contribution in [1.29, 1.82) is 0 Å². The molecule has 3 nitrogen and oxygen atoms in total. The zero-order valence-corrected chi connectivity index (χ0v) is 15.6. The summed E-state index contributed by atoms with van der Waals surface area (Å²) in [4.78, 5) is 13.0. The number of nitrogens with one attached hydrogen (secondary N) is 1. The van der Waals surface area contributed by atoms with Gasteiger partial charge >= 0.3 is 0 Å². The molecule has 1 heterocycles. The Bertz CT molecular complexity index is 870. The van der Waals surface area contributed by atoms with Crippen LogP contribution in [-0.4, -0.2) is 18.3 Å². The second-order valence-corrected chi connectivity index (χ2v) is 7.25. The van der Waals surface area contributed by atoms with E-state index in [0.717, 1.165) is 0 Å². The number of anilines is 1. The molecular formula is C18H14Cl2FNO2S. The molecule has 1 N–H and O–H groups in total. The largest absolute Gasteiger partial charge is 0.496 e.